The summed E-state index contributed by atoms with van der Waals surface area (Å²) in [4.78, 5) is 11.9. The second-order valence-electron chi connectivity index (χ2n) is 4.95. The summed E-state index contributed by atoms with van der Waals surface area (Å²) in [6.07, 6.45) is -11.0. The SMILES string of the molecule is CCOP(=O)(CC(=O)Nc1cc(C(F)(F)F)cc(C(F)(F)F)c1)OCC. The highest BCUT2D eigenvalue weighted by Gasteiger charge is 2.37. The van der Waals surface area contributed by atoms with Crippen LogP contribution >= 0.6 is 7.60 Å². The minimum atomic E-state index is -5.05. The van der Waals surface area contributed by atoms with Crippen molar-refractivity contribution in [2.24, 2.45) is 0 Å². The highest BCUT2D eigenvalue weighted by Crippen LogP contribution is 2.47. The Morgan fingerprint density at radius 1 is 0.962 bits per heavy atom. The summed E-state index contributed by atoms with van der Waals surface area (Å²) in [6, 6.07) is 0.625. The maximum atomic E-state index is 12.8. The van der Waals surface area contributed by atoms with E-state index in [1.807, 2.05) is 5.32 Å². The van der Waals surface area contributed by atoms with Gasteiger partial charge in [0.05, 0.1) is 24.3 Å². The van der Waals surface area contributed by atoms with E-state index in [1.54, 1.807) is 0 Å². The summed E-state index contributed by atoms with van der Waals surface area (Å²) < 4.78 is 98.6. The van der Waals surface area contributed by atoms with Crippen molar-refractivity contribution in [2.45, 2.75) is 26.2 Å². The van der Waals surface area contributed by atoms with Gasteiger partial charge in [-0.05, 0) is 32.0 Å². The number of anilines is 1. The van der Waals surface area contributed by atoms with Crippen molar-refractivity contribution >= 4 is 19.2 Å². The zero-order valence-corrected chi connectivity index (χ0v) is 14.6. The first kappa shape index (κ1) is 22.5. The van der Waals surface area contributed by atoms with E-state index in [0.717, 1.165) is 0 Å². The molecule has 0 radical (unpaired) electrons. The van der Waals surface area contributed by atoms with Gasteiger partial charge >= 0.3 is 19.9 Å². The van der Waals surface area contributed by atoms with Gasteiger partial charge in [0.1, 0.15) is 6.16 Å². The number of nitrogens with one attached hydrogen (secondary N) is 1. The zero-order chi connectivity index (χ0) is 20.2. The fourth-order valence-corrected chi connectivity index (χ4v) is 3.40. The van der Waals surface area contributed by atoms with E-state index in [1.165, 1.54) is 13.8 Å². The van der Waals surface area contributed by atoms with Crippen molar-refractivity contribution in [2.75, 3.05) is 24.7 Å². The predicted octanol–water partition coefficient (Wildman–Crippen LogP) is 4.93. The lowest BCUT2D eigenvalue weighted by atomic mass is 10.1. The lowest BCUT2D eigenvalue weighted by Gasteiger charge is -2.18. The molecule has 0 aromatic heterocycles. The van der Waals surface area contributed by atoms with E-state index < -0.39 is 48.8 Å². The number of carbonyl (C=O) groups excluding carboxylic acids is 1. The lowest BCUT2D eigenvalue weighted by molar-refractivity contribution is -0.143. The van der Waals surface area contributed by atoms with Crippen molar-refractivity contribution in [3.63, 3.8) is 0 Å². The van der Waals surface area contributed by atoms with Gasteiger partial charge in [-0.25, -0.2) is 0 Å². The fraction of sp³-hybridized carbons (Fsp3) is 0.500. The average molecular weight is 407 g/mol. The van der Waals surface area contributed by atoms with Crippen LogP contribution in [-0.2, 0) is 30.8 Å². The Morgan fingerprint density at radius 2 is 1.38 bits per heavy atom. The van der Waals surface area contributed by atoms with Crippen LogP contribution in [0.3, 0.4) is 0 Å². The highest BCUT2D eigenvalue weighted by atomic mass is 31.2. The molecule has 0 saturated carbocycles. The summed E-state index contributed by atoms with van der Waals surface area (Å²) in [6.45, 7) is 2.83. The molecule has 0 bridgehead atoms. The molecular weight excluding hydrogens is 391 g/mol. The quantitative estimate of drug-likeness (QED) is 0.514. The molecule has 5 nitrogen and oxygen atoms in total. The Hall–Kier alpha value is -1.58. The second-order valence-corrected chi connectivity index (χ2v) is 7.00. The zero-order valence-electron chi connectivity index (χ0n) is 13.7. The largest absolute Gasteiger partial charge is 0.416 e. The second kappa shape index (κ2) is 8.41. The van der Waals surface area contributed by atoms with Crippen molar-refractivity contribution in [1.29, 1.82) is 0 Å². The van der Waals surface area contributed by atoms with E-state index in [0.29, 0.717) is 12.1 Å². The third kappa shape index (κ3) is 6.62. The average Bonchev–Trinajstić information content (AvgIpc) is 2.44. The molecule has 1 aromatic rings. The van der Waals surface area contributed by atoms with Gasteiger partial charge in [0, 0.05) is 5.69 Å². The van der Waals surface area contributed by atoms with Gasteiger partial charge < -0.3 is 14.4 Å². The number of rotatable bonds is 7. The van der Waals surface area contributed by atoms with Gasteiger partial charge in [-0.2, -0.15) is 26.3 Å². The van der Waals surface area contributed by atoms with Gasteiger partial charge in [-0.3, -0.25) is 9.36 Å². The number of hydrogen-bond acceptors (Lipinski definition) is 4. The molecule has 0 heterocycles. The smallest absolute Gasteiger partial charge is 0.326 e. The Bertz CT molecular complexity index is 647. The highest BCUT2D eigenvalue weighted by molar-refractivity contribution is 7.54. The minimum Gasteiger partial charge on any atom is -0.326 e. The first-order valence-electron chi connectivity index (χ1n) is 7.28. The Morgan fingerprint density at radius 3 is 1.73 bits per heavy atom. The lowest BCUT2D eigenvalue weighted by Crippen LogP contribution is -2.19. The monoisotopic (exact) mass is 407 g/mol. The van der Waals surface area contributed by atoms with Crippen molar-refractivity contribution in [1.82, 2.24) is 0 Å². The first-order valence-corrected chi connectivity index (χ1v) is 9.01. The molecule has 0 saturated heterocycles. The Kier molecular flexibility index (Phi) is 7.26. The maximum absolute atomic E-state index is 12.8. The standard InChI is InChI=1S/C14H16F6NO4P/c1-3-24-26(23,25-4-2)8-12(22)21-11-6-9(13(15,16)17)5-10(7-11)14(18,19)20/h5-7H,3-4,8H2,1-2H3,(H,21,22). The molecule has 0 spiro atoms. The van der Waals surface area contributed by atoms with Crippen molar-refractivity contribution < 1.29 is 44.7 Å². The number of carbonyl (C=O) groups is 1. The van der Waals surface area contributed by atoms with E-state index in [4.69, 9.17) is 9.05 Å². The van der Waals surface area contributed by atoms with Gasteiger partial charge in [0.2, 0.25) is 5.91 Å². The topological polar surface area (TPSA) is 64.6 Å². The molecule has 0 unspecified atom stereocenters. The Labute approximate surface area is 145 Å². The predicted molar refractivity (Wildman–Crippen MR) is 80.8 cm³/mol. The summed E-state index contributed by atoms with van der Waals surface area (Å²) in [7, 11) is -3.86. The molecule has 12 heteroatoms. The van der Waals surface area contributed by atoms with E-state index >= 15 is 0 Å². The van der Waals surface area contributed by atoms with Crippen LogP contribution in [0.4, 0.5) is 32.0 Å². The number of benzene rings is 1. The molecule has 0 aliphatic carbocycles. The van der Waals surface area contributed by atoms with Crippen LogP contribution in [0.15, 0.2) is 18.2 Å². The normalized spacial score (nSPS) is 12.9. The Balaban J connectivity index is 3.11. The minimum absolute atomic E-state index is 0.0632. The molecule has 148 valence electrons. The number of amides is 1. The maximum Gasteiger partial charge on any atom is 0.416 e. The van der Waals surface area contributed by atoms with Crippen LogP contribution in [0, 0.1) is 0 Å². The summed E-state index contributed by atoms with van der Waals surface area (Å²) in [5.74, 6) is -1.11. The van der Waals surface area contributed by atoms with Crippen molar-refractivity contribution in [3.8, 4) is 0 Å². The summed E-state index contributed by atoms with van der Waals surface area (Å²) >= 11 is 0. The molecule has 0 aliphatic heterocycles. The number of alkyl halides is 6. The van der Waals surface area contributed by atoms with E-state index in [9.17, 15) is 35.7 Å². The molecule has 1 rings (SSSR count). The van der Waals surface area contributed by atoms with Crippen LogP contribution in [0.1, 0.15) is 25.0 Å². The summed E-state index contributed by atoms with van der Waals surface area (Å²) in [5, 5.41) is 1.87. The first-order chi connectivity index (χ1) is 11.8. The van der Waals surface area contributed by atoms with Gasteiger partial charge in [-0.15, -0.1) is 0 Å². The van der Waals surface area contributed by atoms with Gasteiger partial charge in [-0.1, -0.05) is 0 Å². The molecule has 1 amide bonds. The van der Waals surface area contributed by atoms with Crippen LogP contribution in [0.25, 0.3) is 0 Å². The van der Waals surface area contributed by atoms with Crippen LogP contribution in [0.5, 0.6) is 0 Å². The molecule has 26 heavy (non-hydrogen) atoms. The molecule has 0 atom stereocenters. The van der Waals surface area contributed by atoms with E-state index in [2.05, 4.69) is 0 Å². The van der Waals surface area contributed by atoms with Crippen LogP contribution < -0.4 is 5.32 Å². The summed E-state index contributed by atoms with van der Waals surface area (Å²) in [5.41, 5.74) is -3.91. The fourth-order valence-electron chi connectivity index (χ4n) is 1.93. The van der Waals surface area contributed by atoms with Crippen LogP contribution in [0.2, 0.25) is 0 Å². The molecule has 0 fully saturated rings. The number of hydrogen-bond donors (Lipinski definition) is 1. The molecule has 1 N–H and O–H groups in total. The van der Waals surface area contributed by atoms with E-state index in [-0.39, 0.29) is 19.3 Å². The number of halogens is 6. The molecule has 0 aliphatic rings. The molecular formula is C14H16F6NO4P. The molecule has 1 aromatic carbocycles. The third-order valence-corrected chi connectivity index (χ3v) is 4.84. The van der Waals surface area contributed by atoms with Gasteiger partial charge in [0.15, 0.2) is 0 Å². The van der Waals surface area contributed by atoms with Gasteiger partial charge in [0.25, 0.3) is 0 Å². The third-order valence-electron chi connectivity index (χ3n) is 2.86. The van der Waals surface area contributed by atoms with Crippen molar-refractivity contribution in [3.05, 3.63) is 29.3 Å². The van der Waals surface area contributed by atoms with Crippen LogP contribution in [-0.4, -0.2) is 25.3 Å².